The highest BCUT2D eigenvalue weighted by Gasteiger charge is 2.09. The van der Waals surface area contributed by atoms with E-state index >= 15 is 0 Å². The lowest BCUT2D eigenvalue weighted by atomic mass is 10.2. The summed E-state index contributed by atoms with van der Waals surface area (Å²) in [6.07, 6.45) is 4.69. The van der Waals surface area contributed by atoms with Crippen LogP contribution in [0.3, 0.4) is 0 Å². The van der Waals surface area contributed by atoms with E-state index in [9.17, 15) is 8.42 Å². The Bertz CT molecular complexity index is 675. The van der Waals surface area contributed by atoms with Crippen LogP contribution in [0, 0.1) is 0 Å². The van der Waals surface area contributed by atoms with Crippen molar-refractivity contribution in [1.82, 2.24) is 0 Å². The van der Waals surface area contributed by atoms with Crippen LogP contribution in [-0.4, -0.2) is 14.6 Å². The topological polar surface area (TPSA) is 46.5 Å². The van der Waals surface area contributed by atoms with Crippen LogP contribution in [0.2, 0.25) is 0 Å². The van der Waals surface area contributed by atoms with Crippen molar-refractivity contribution in [3.8, 4) is 0 Å². The maximum Gasteiger partial charge on any atom is 0.282 e. The molecular weight excluding hydrogens is 258 g/mol. The lowest BCUT2D eigenvalue weighted by molar-refractivity contribution is 0.598. The third-order valence-corrected chi connectivity index (χ3v) is 3.68. The Hall–Kier alpha value is -2.20. The summed E-state index contributed by atoms with van der Waals surface area (Å²) in [5, 5.41) is 0. The molecule has 0 heterocycles. The minimum absolute atomic E-state index is 0.194. The lowest BCUT2D eigenvalue weighted by Crippen LogP contribution is -1.95. The number of hydrogen-bond donors (Lipinski definition) is 0. The molecule has 0 spiro atoms. The van der Waals surface area contributed by atoms with Crippen molar-refractivity contribution in [1.29, 1.82) is 0 Å². The molecule has 19 heavy (non-hydrogen) atoms. The quantitative estimate of drug-likeness (QED) is 0.802. The van der Waals surface area contributed by atoms with Crippen molar-refractivity contribution in [2.45, 2.75) is 4.90 Å². The van der Waals surface area contributed by atoms with E-state index < -0.39 is 10.0 Å². The minimum atomic E-state index is -3.60. The molecule has 2 aromatic carbocycles. The van der Waals surface area contributed by atoms with Crippen molar-refractivity contribution in [3.05, 3.63) is 72.3 Å². The largest absolute Gasteiger partial charge is 0.282 e. The second-order valence-corrected chi connectivity index (χ2v) is 5.44. The summed E-state index contributed by atoms with van der Waals surface area (Å²) in [4.78, 5) is 0.194. The van der Waals surface area contributed by atoms with Crippen LogP contribution >= 0.6 is 0 Å². The van der Waals surface area contributed by atoms with Crippen LogP contribution in [0.4, 0.5) is 0 Å². The van der Waals surface area contributed by atoms with Crippen LogP contribution in [0.5, 0.6) is 0 Å². The monoisotopic (exact) mass is 271 g/mol. The first kappa shape index (κ1) is 13.2. The molecule has 0 fully saturated rings. The fraction of sp³-hybridized carbons (Fsp3) is 0. The normalized spacial score (nSPS) is 12.2. The lowest BCUT2D eigenvalue weighted by Gasteiger charge is -1.95. The van der Waals surface area contributed by atoms with Crippen molar-refractivity contribution >= 4 is 22.3 Å². The highest BCUT2D eigenvalue weighted by Crippen LogP contribution is 2.10. The summed E-state index contributed by atoms with van der Waals surface area (Å²) < 4.78 is 27.2. The van der Waals surface area contributed by atoms with Gasteiger partial charge in [0.25, 0.3) is 10.0 Å². The minimum Gasteiger partial charge on any atom is -0.199 e. The fourth-order valence-electron chi connectivity index (χ4n) is 1.49. The Kier molecular flexibility index (Phi) is 4.26. The van der Waals surface area contributed by atoms with Gasteiger partial charge in [-0.2, -0.15) is 12.8 Å². The van der Waals surface area contributed by atoms with E-state index in [0.29, 0.717) is 0 Å². The van der Waals surface area contributed by atoms with Gasteiger partial charge in [-0.05, 0) is 23.8 Å². The van der Waals surface area contributed by atoms with Crippen LogP contribution in [-0.2, 0) is 10.0 Å². The molecule has 2 aromatic rings. The maximum absolute atomic E-state index is 11.8. The average Bonchev–Trinajstić information content (AvgIpc) is 2.46. The van der Waals surface area contributed by atoms with Gasteiger partial charge in [0.05, 0.1) is 4.90 Å². The third-order valence-electron chi connectivity index (χ3n) is 2.42. The van der Waals surface area contributed by atoms with Gasteiger partial charge in [-0.15, -0.1) is 0 Å². The Morgan fingerprint density at radius 2 is 1.42 bits per heavy atom. The molecule has 0 aliphatic heterocycles. The zero-order valence-corrected chi connectivity index (χ0v) is 11.0. The zero-order valence-electron chi connectivity index (χ0n) is 10.2. The van der Waals surface area contributed by atoms with Crippen LogP contribution in [0.15, 0.2) is 76.0 Å². The van der Waals surface area contributed by atoms with Crippen molar-refractivity contribution in [2.24, 2.45) is 4.40 Å². The summed E-state index contributed by atoms with van der Waals surface area (Å²) >= 11 is 0. The Morgan fingerprint density at radius 1 is 0.842 bits per heavy atom. The zero-order chi connectivity index (χ0) is 13.6. The van der Waals surface area contributed by atoms with E-state index in [0.717, 1.165) is 5.56 Å². The summed E-state index contributed by atoms with van der Waals surface area (Å²) in [6, 6.07) is 17.7. The molecule has 0 bridgehead atoms. The Morgan fingerprint density at radius 3 is 2.05 bits per heavy atom. The maximum atomic E-state index is 11.8. The van der Waals surface area contributed by atoms with Gasteiger partial charge in [0.2, 0.25) is 0 Å². The van der Waals surface area contributed by atoms with Crippen molar-refractivity contribution < 1.29 is 8.42 Å². The number of benzene rings is 2. The van der Waals surface area contributed by atoms with Crippen molar-refractivity contribution in [3.63, 3.8) is 0 Å². The number of hydrogen-bond acceptors (Lipinski definition) is 2. The summed E-state index contributed by atoms with van der Waals surface area (Å²) in [6.45, 7) is 0. The molecule has 0 atom stereocenters. The van der Waals surface area contributed by atoms with Gasteiger partial charge in [-0.1, -0.05) is 54.6 Å². The molecule has 4 heteroatoms. The first-order chi connectivity index (χ1) is 9.18. The molecule has 0 aliphatic carbocycles. The number of sulfonamides is 1. The van der Waals surface area contributed by atoms with Crippen LogP contribution < -0.4 is 0 Å². The van der Waals surface area contributed by atoms with E-state index in [1.165, 1.54) is 18.3 Å². The van der Waals surface area contributed by atoms with E-state index in [2.05, 4.69) is 4.40 Å². The Balaban J connectivity index is 2.09. The number of allylic oxidation sites excluding steroid dienone is 1. The van der Waals surface area contributed by atoms with E-state index in [-0.39, 0.29) is 4.90 Å². The molecule has 0 N–H and O–H groups in total. The molecule has 2 rings (SSSR count). The SMILES string of the molecule is O=S(=O)(/N=C\C=C\c1ccccc1)c1ccccc1. The summed E-state index contributed by atoms with van der Waals surface area (Å²) in [5.41, 5.74) is 0.992. The van der Waals surface area contributed by atoms with Gasteiger partial charge in [0, 0.05) is 6.21 Å². The predicted molar refractivity (Wildman–Crippen MR) is 77.6 cm³/mol. The molecule has 0 saturated heterocycles. The fourth-order valence-corrected chi connectivity index (χ4v) is 2.34. The van der Waals surface area contributed by atoms with Gasteiger partial charge < -0.3 is 0 Å². The first-order valence-corrected chi connectivity index (χ1v) is 7.20. The van der Waals surface area contributed by atoms with Gasteiger partial charge in [-0.3, -0.25) is 0 Å². The summed E-state index contributed by atoms with van der Waals surface area (Å²) in [7, 11) is -3.60. The number of rotatable bonds is 4. The van der Waals surface area contributed by atoms with Crippen LogP contribution in [0.25, 0.3) is 6.08 Å². The van der Waals surface area contributed by atoms with E-state index in [1.807, 2.05) is 30.3 Å². The van der Waals surface area contributed by atoms with Gasteiger partial charge in [0.15, 0.2) is 0 Å². The molecule has 0 unspecified atom stereocenters. The van der Waals surface area contributed by atoms with Gasteiger partial charge in [-0.25, -0.2) is 0 Å². The molecule has 0 aromatic heterocycles. The molecule has 0 amide bonds. The van der Waals surface area contributed by atoms with E-state index in [1.54, 1.807) is 30.4 Å². The molecule has 96 valence electrons. The molecule has 0 radical (unpaired) electrons. The van der Waals surface area contributed by atoms with Gasteiger partial charge in [0.1, 0.15) is 0 Å². The average molecular weight is 271 g/mol. The summed E-state index contributed by atoms with van der Waals surface area (Å²) in [5.74, 6) is 0. The van der Waals surface area contributed by atoms with Crippen LogP contribution in [0.1, 0.15) is 5.56 Å². The second kappa shape index (κ2) is 6.11. The predicted octanol–water partition coefficient (Wildman–Crippen LogP) is 3.16. The molecule has 0 aliphatic rings. The Labute approximate surface area is 113 Å². The third kappa shape index (κ3) is 3.89. The molecular formula is C15H13NO2S. The highest BCUT2D eigenvalue weighted by atomic mass is 32.2. The standard InChI is InChI=1S/C15H13NO2S/c17-19(18,15-11-5-2-6-12-15)16-13-7-10-14-8-3-1-4-9-14/h1-13H/b10-7+,16-13-. The van der Waals surface area contributed by atoms with E-state index in [4.69, 9.17) is 0 Å². The second-order valence-electron chi connectivity index (χ2n) is 3.81. The molecule has 3 nitrogen and oxygen atoms in total. The first-order valence-electron chi connectivity index (χ1n) is 5.75. The van der Waals surface area contributed by atoms with Crippen molar-refractivity contribution in [2.75, 3.05) is 0 Å². The van der Waals surface area contributed by atoms with Gasteiger partial charge >= 0.3 is 0 Å². The smallest absolute Gasteiger partial charge is 0.199 e. The highest BCUT2D eigenvalue weighted by molar-refractivity contribution is 7.90. The number of nitrogens with zero attached hydrogens (tertiary/aromatic N) is 1. The molecule has 0 saturated carbocycles.